The Balaban J connectivity index is 3.50. The molecule has 0 heterocycles. The number of nitrogens with zero attached hydrogens (tertiary/aromatic N) is 1. The Morgan fingerprint density at radius 3 is 2.35 bits per heavy atom. The van der Waals surface area contributed by atoms with Crippen LogP contribution in [-0.4, -0.2) is 37.9 Å². The van der Waals surface area contributed by atoms with E-state index in [0.29, 0.717) is 0 Å². The van der Waals surface area contributed by atoms with Gasteiger partial charge in [0.25, 0.3) is 16.0 Å². The van der Waals surface area contributed by atoms with Crippen LogP contribution in [0.4, 0.5) is 5.69 Å². The molecule has 17 heavy (non-hydrogen) atoms. The maximum absolute atomic E-state index is 11.7. The summed E-state index contributed by atoms with van der Waals surface area (Å²) in [4.78, 5) is 12.4. The van der Waals surface area contributed by atoms with Crippen molar-refractivity contribution in [3.8, 4) is 0 Å². The van der Waals surface area contributed by atoms with E-state index in [1.165, 1.54) is 19.0 Å². The Bertz CT molecular complexity index is 569. The number of hydrogen-bond donors (Lipinski definition) is 2. The fraction of sp³-hybridized carbons (Fsp3) is 0.222. The summed E-state index contributed by atoms with van der Waals surface area (Å²) in [6.07, 6.45) is 0. The maximum atomic E-state index is 11.7. The number of nitrogens with two attached hydrogens (primary N) is 1. The minimum Gasteiger partial charge on any atom is -0.398 e. The lowest BCUT2D eigenvalue weighted by atomic mass is 10.1. The second-order valence-corrected chi connectivity index (χ2v) is 5.34. The fourth-order valence-corrected chi connectivity index (χ4v) is 2.23. The molecule has 0 aliphatic rings. The predicted molar refractivity (Wildman–Crippen MR) is 63.7 cm³/mol. The lowest BCUT2D eigenvalue weighted by Gasteiger charge is -2.13. The Morgan fingerprint density at radius 2 is 1.94 bits per heavy atom. The van der Waals surface area contributed by atoms with Crippen molar-refractivity contribution < 1.29 is 17.8 Å². The van der Waals surface area contributed by atoms with Gasteiger partial charge < -0.3 is 10.6 Å². The molecule has 0 unspecified atom stereocenters. The summed E-state index contributed by atoms with van der Waals surface area (Å²) >= 11 is 5.63. The average molecular weight is 279 g/mol. The number of nitrogen functional groups attached to an aromatic ring is 1. The van der Waals surface area contributed by atoms with Crippen LogP contribution in [0.2, 0.25) is 5.02 Å². The third-order valence-electron chi connectivity index (χ3n) is 2.02. The van der Waals surface area contributed by atoms with Crippen molar-refractivity contribution in [2.24, 2.45) is 0 Å². The van der Waals surface area contributed by atoms with Gasteiger partial charge in [0.15, 0.2) is 0 Å². The summed E-state index contributed by atoms with van der Waals surface area (Å²) in [7, 11) is -1.51. The summed E-state index contributed by atoms with van der Waals surface area (Å²) in [5.74, 6) is -0.482. The topological polar surface area (TPSA) is 101 Å². The van der Waals surface area contributed by atoms with E-state index in [2.05, 4.69) is 0 Å². The molecule has 0 atom stereocenters. The molecule has 0 spiro atoms. The number of anilines is 1. The quantitative estimate of drug-likeness (QED) is 0.617. The Kier molecular flexibility index (Phi) is 3.65. The molecule has 0 saturated carbocycles. The number of amides is 1. The Morgan fingerprint density at radius 1 is 1.41 bits per heavy atom. The molecule has 0 saturated heterocycles. The van der Waals surface area contributed by atoms with Gasteiger partial charge in [0, 0.05) is 19.8 Å². The van der Waals surface area contributed by atoms with Gasteiger partial charge in [-0.3, -0.25) is 9.35 Å². The number of carbonyl (C=O) groups excluding carboxylic acids is 1. The van der Waals surface area contributed by atoms with E-state index < -0.39 is 20.9 Å². The second-order valence-electron chi connectivity index (χ2n) is 3.54. The molecule has 1 aromatic rings. The number of halogens is 1. The van der Waals surface area contributed by atoms with Gasteiger partial charge in [-0.05, 0) is 12.1 Å². The van der Waals surface area contributed by atoms with Crippen LogP contribution >= 0.6 is 11.6 Å². The highest BCUT2D eigenvalue weighted by molar-refractivity contribution is 7.86. The zero-order valence-corrected chi connectivity index (χ0v) is 10.7. The lowest BCUT2D eigenvalue weighted by Crippen LogP contribution is -2.23. The maximum Gasteiger partial charge on any atom is 0.296 e. The molecule has 6 nitrogen and oxygen atoms in total. The van der Waals surface area contributed by atoms with Gasteiger partial charge in [-0.1, -0.05) is 11.6 Å². The molecular weight excluding hydrogens is 268 g/mol. The second kappa shape index (κ2) is 4.52. The zero-order valence-electron chi connectivity index (χ0n) is 9.14. The molecular formula is C9H11ClN2O4S. The van der Waals surface area contributed by atoms with E-state index in [0.717, 1.165) is 12.1 Å². The number of benzene rings is 1. The lowest BCUT2D eigenvalue weighted by molar-refractivity contribution is 0.0828. The molecule has 1 aromatic carbocycles. The third-order valence-corrected chi connectivity index (χ3v) is 3.34. The molecule has 8 heteroatoms. The van der Waals surface area contributed by atoms with Crippen LogP contribution in [0.25, 0.3) is 0 Å². The van der Waals surface area contributed by atoms with Gasteiger partial charge in [-0.15, -0.1) is 0 Å². The van der Waals surface area contributed by atoms with E-state index in [1.54, 1.807) is 0 Å². The van der Waals surface area contributed by atoms with Crippen molar-refractivity contribution >= 4 is 33.3 Å². The van der Waals surface area contributed by atoms with Crippen molar-refractivity contribution in [2.75, 3.05) is 19.8 Å². The van der Waals surface area contributed by atoms with Gasteiger partial charge in [0.2, 0.25) is 0 Å². The summed E-state index contributed by atoms with van der Waals surface area (Å²) in [6, 6.07) is 2.07. The van der Waals surface area contributed by atoms with Crippen LogP contribution in [0, 0.1) is 0 Å². The Hall–Kier alpha value is -1.31. The van der Waals surface area contributed by atoms with Crippen LogP contribution < -0.4 is 5.73 Å². The highest BCUT2D eigenvalue weighted by Crippen LogP contribution is 2.27. The van der Waals surface area contributed by atoms with E-state index in [4.69, 9.17) is 21.9 Å². The van der Waals surface area contributed by atoms with E-state index in [9.17, 15) is 13.2 Å². The summed E-state index contributed by atoms with van der Waals surface area (Å²) in [5, 5.41) is -0.236. The van der Waals surface area contributed by atoms with Crippen molar-refractivity contribution in [3.63, 3.8) is 0 Å². The van der Waals surface area contributed by atoms with Gasteiger partial charge in [-0.25, -0.2) is 0 Å². The van der Waals surface area contributed by atoms with Crippen LogP contribution in [0.3, 0.4) is 0 Å². The van der Waals surface area contributed by atoms with Crippen molar-refractivity contribution in [1.29, 1.82) is 0 Å². The molecule has 0 bridgehead atoms. The average Bonchev–Trinajstić information content (AvgIpc) is 2.14. The largest absolute Gasteiger partial charge is 0.398 e. The Labute approximate surface area is 104 Å². The number of rotatable bonds is 2. The van der Waals surface area contributed by atoms with Gasteiger partial charge >= 0.3 is 0 Å². The van der Waals surface area contributed by atoms with Gasteiger partial charge in [0.1, 0.15) is 4.90 Å². The van der Waals surface area contributed by atoms with E-state index >= 15 is 0 Å². The summed E-state index contributed by atoms with van der Waals surface area (Å²) in [5.41, 5.74) is 5.57. The summed E-state index contributed by atoms with van der Waals surface area (Å²) in [6.45, 7) is 0. The fourth-order valence-electron chi connectivity index (χ4n) is 1.19. The van der Waals surface area contributed by atoms with E-state index in [-0.39, 0.29) is 16.3 Å². The van der Waals surface area contributed by atoms with Crippen molar-refractivity contribution in [3.05, 3.63) is 22.7 Å². The SMILES string of the molecule is CN(C)C(=O)c1cc(S(=O)(=O)O)c(Cl)cc1N. The first-order valence-corrected chi connectivity index (χ1v) is 6.24. The van der Waals surface area contributed by atoms with Gasteiger partial charge in [0.05, 0.1) is 10.6 Å². The normalized spacial score (nSPS) is 11.3. The molecule has 1 rings (SSSR count). The minimum atomic E-state index is -4.49. The molecule has 0 aliphatic carbocycles. The molecule has 1 amide bonds. The molecule has 3 N–H and O–H groups in total. The molecule has 0 radical (unpaired) electrons. The highest BCUT2D eigenvalue weighted by atomic mass is 35.5. The van der Waals surface area contributed by atoms with Crippen LogP contribution in [0.15, 0.2) is 17.0 Å². The minimum absolute atomic E-state index is 0.0352. The first-order chi connectivity index (χ1) is 7.64. The third kappa shape index (κ3) is 2.87. The summed E-state index contributed by atoms with van der Waals surface area (Å²) < 4.78 is 31.0. The van der Waals surface area contributed by atoms with Crippen molar-refractivity contribution in [1.82, 2.24) is 4.90 Å². The van der Waals surface area contributed by atoms with Crippen LogP contribution in [-0.2, 0) is 10.1 Å². The van der Waals surface area contributed by atoms with Gasteiger partial charge in [-0.2, -0.15) is 8.42 Å². The van der Waals surface area contributed by atoms with Crippen molar-refractivity contribution in [2.45, 2.75) is 4.90 Å². The first kappa shape index (κ1) is 13.8. The zero-order chi connectivity index (χ0) is 13.4. The molecule has 0 aliphatic heterocycles. The molecule has 0 fully saturated rings. The highest BCUT2D eigenvalue weighted by Gasteiger charge is 2.21. The molecule has 0 aromatic heterocycles. The molecule has 94 valence electrons. The smallest absolute Gasteiger partial charge is 0.296 e. The number of carbonyl (C=O) groups is 1. The van der Waals surface area contributed by atoms with Crippen LogP contribution in [0.5, 0.6) is 0 Å². The predicted octanol–water partition coefficient (Wildman–Crippen LogP) is 0.871. The number of hydrogen-bond acceptors (Lipinski definition) is 4. The van der Waals surface area contributed by atoms with E-state index in [1.807, 2.05) is 0 Å². The monoisotopic (exact) mass is 278 g/mol. The standard InChI is InChI=1S/C9H11ClN2O4S/c1-12(2)9(13)5-3-8(17(14,15)16)6(10)4-7(5)11/h3-4H,11H2,1-2H3,(H,14,15,16). The first-order valence-electron chi connectivity index (χ1n) is 4.42. The van der Waals surface area contributed by atoms with Crippen LogP contribution in [0.1, 0.15) is 10.4 Å².